The fourth-order valence-electron chi connectivity index (χ4n) is 10.8. The van der Waals surface area contributed by atoms with Gasteiger partial charge >= 0.3 is 11.9 Å². The summed E-state index contributed by atoms with van der Waals surface area (Å²) < 4.78 is 60.5. The number of sulfone groups is 2. The molecule has 6 rings (SSSR count). The molecule has 0 bridgehead atoms. The number of rotatable bonds is 17. The molecule has 2 fully saturated rings. The lowest BCUT2D eigenvalue weighted by molar-refractivity contribution is -0.172. The van der Waals surface area contributed by atoms with Crippen molar-refractivity contribution in [1.29, 1.82) is 0 Å². The smallest absolute Gasteiger partial charge is 0.314 e. The molecule has 17 heteroatoms. The van der Waals surface area contributed by atoms with E-state index in [-0.39, 0.29) is 36.0 Å². The molecule has 4 aromatic carbocycles. The minimum absolute atomic E-state index is 0.0723. The molecule has 0 spiro atoms. The van der Waals surface area contributed by atoms with Crippen LogP contribution in [-0.4, -0.2) is 85.0 Å². The Bertz CT molecular complexity index is 2910. The third-order valence-corrected chi connectivity index (χ3v) is 19.8. The van der Waals surface area contributed by atoms with Crippen molar-refractivity contribution in [3.63, 3.8) is 0 Å². The number of halogens is 4. The molecule has 0 radical (unpaired) electrons. The average Bonchev–Trinajstić information content (AvgIpc) is 3.29. The molecule has 396 valence electrons. The molecule has 0 N–H and O–H groups in total. The van der Waals surface area contributed by atoms with Crippen LogP contribution < -0.4 is 0 Å². The van der Waals surface area contributed by atoms with Crippen LogP contribution in [0.3, 0.4) is 0 Å². The number of hydrogen-bond donors (Lipinski definition) is 0. The van der Waals surface area contributed by atoms with Gasteiger partial charge in [-0.25, -0.2) is 16.8 Å². The number of esters is 2. The molecular weight excluding hydrogens is 1050 g/mol. The maximum atomic E-state index is 15.6. The SMILES string of the molecule is CCS(=O)(=O)CC(C(C)C)N1C(=O)C(C)(CC(=O)OC(=O)CC2(C)CC(c3cccc(Cl)c3)C(c3ccc(Cl)cc3)N(C(CS(=O)(=O)C(C)C)C(C)(C)C)C2=O)CC(c2cccc(Cl)c2)C1c1ccc(Cl)cc1. The lowest BCUT2D eigenvalue weighted by Gasteiger charge is -2.54. The number of nitrogens with zero attached hydrogens (tertiary/aromatic N) is 2. The van der Waals surface area contributed by atoms with Gasteiger partial charge in [0.25, 0.3) is 0 Å². The highest BCUT2D eigenvalue weighted by Crippen LogP contribution is 2.55. The predicted molar refractivity (Wildman–Crippen MR) is 291 cm³/mol. The van der Waals surface area contributed by atoms with Gasteiger partial charge in [0.05, 0.1) is 58.6 Å². The van der Waals surface area contributed by atoms with E-state index in [0.717, 1.165) is 11.1 Å². The van der Waals surface area contributed by atoms with Crippen LogP contribution in [0.4, 0.5) is 0 Å². The first-order valence-corrected chi connectivity index (χ1v) is 29.8. The fourth-order valence-corrected chi connectivity index (χ4v) is 14.2. The van der Waals surface area contributed by atoms with E-state index in [1.165, 1.54) is 0 Å². The molecule has 2 saturated heterocycles. The summed E-state index contributed by atoms with van der Waals surface area (Å²) in [5.74, 6) is -5.32. The zero-order valence-corrected chi connectivity index (χ0v) is 47.9. The van der Waals surface area contributed by atoms with E-state index in [0.29, 0.717) is 31.2 Å². The van der Waals surface area contributed by atoms with Crippen LogP contribution in [0.1, 0.15) is 141 Å². The molecule has 73 heavy (non-hydrogen) atoms. The Kier molecular flexibility index (Phi) is 18.1. The molecule has 2 heterocycles. The second-order valence-electron chi connectivity index (χ2n) is 22.2. The Labute approximate surface area is 452 Å². The summed E-state index contributed by atoms with van der Waals surface area (Å²) in [5, 5.41) is 1.05. The van der Waals surface area contributed by atoms with E-state index in [1.54, 1.807) is 105 Å². The second kappa shape index (κ2) is 22.7. The van der Waals surface area contributed by atoms with Gasteiger partial charge in [0.1, 0.15) is 0 Å². The molecule has 0 aliphatic carbocycles. The Hall–Kier alpha value is -3.98. The molecular formula is C56H68Cl4N2O9S2. The number of carbonyl (C=O) groups is 4. The molecule has 2 amide bonds. The van der Waals surface area contributed by atoms with Crippen molar-refractivity contribution in [3.8, 4) is 0 Å². The van der Waals surface area contributed by atoms with Crippen molar-refractivity contribution in [3.05, 3.63) is 139 Å². The molecule has 4 aromatic rings. The van der Waals surface area contributed by atoms with E-state index in [4.69, 9.17) is 51.1 Å². The summed E-state index contributed by atoms with van der Waals surface area (Å²) in [5.41, 5.74) is -1.02. The Morgan fingerprint density at radius 2 is 1.04 bits per heavy atom. The van der Waals surface area contributed by atoms with Crippen molar-refractivity contribution in [2.75, 3.05) is 17.3 Å². The van der Waals surface area contributed by atoms with Crippen molar-refractivity contribution in [2.45, 2.75) is 136 Å². The van der Waals surface area contributed by atoms with E-state index in [2.05, 4.69) is 0 Å². The minimum atomic E-state index is -3.77. The maximum absolute atomic E-state index is 15.6. The summed E-state index contributed by atoms with van der Waals surface area (Å²) in [6, 6.07) is 25.3. The molecule has 11 nitrogen and oxygen atoms in total. The first-order valence-electron chi connectivity index (χ1n) is 24.7. The average molecular weight is 1120 g/mol. The largest absolute Gasteiger partial charge is 0.393 e. The Morgan fingerprint density at radius 1 is 0.630 bits per heavy atom. The highest BCUT2D eigenvalue weighted by atomic mass is 35.5. The van der Waals surface area contributed by atoms with Gasteiger partial charge in [0.15, 0.2) is 19.7 Å². The van der Waals surface area contributed by atoms with Gasteiger partial charge < -0.3 is 14.5 Å². The van der Waals surface area contributed by atoms with Crippen molar-refractivity contribution in [2.24, 2.45) is 22.2 Å². The molecule has 8 unspecified atom stereocenters. The van der Waals surface area contributed by atoms with E-state index in [9.17, 15) is 26.4 Å². The number of piperidine rings is 2. The number of amides is 2. The fraction of sp³-hybridized carbons (Fsp3) is 0.500. The van der Waals surface area contributed by atoms with Crippen LogP contribution in [0.5, 0.6) is 0 Å². The second-order valence-corrected chi connectivity index (χ2v) is 29.0. The van der Waals surface area contributed by atoms with Gasteiger partial charge in [-0.3, -0.25) is 19.2 Å². The van der Waals surface area contributed by atoms with Gasteiger partial charge in [-0.05, 0) is 109 Å². The predicted octanol–water partition coefficient (Wildman–Crippen LogP) is 12.7. The van der Waals surface area contributed by atoms with Crippen LogP contribution in [-0.2, 0) is 43.6 Å². The quantitative estimate of drug-likeness (QED) is 0.0743. The number of carbonyl (C=O) groups excluding carboxylic acids is 4. The molecule has 0 aromatic heterocycles. The van der Waals surface area contributed by atoms with Gasteiger partial charge in [0, 0.05) is 43.7 Å². The van der Waals surface area contributed by atoms with Gasteiger partial charge in [0.2, 0.25) is 11.8 Å². The van der Waals surface area contributed by atoms with Crippen molar-refractivity contribution in [1.82, 2.24) is 9.80 Å². The number of benzene rings is 4. The van der Waals surface area contributed by atoms with Crippen LogP contribution in [0.25, 0.3) is 0 Å². The number of ether oxygens (including phenoxy) is 1. The summed E-state index contributed by atoms with van der Waals surface area (Å²) in [4.78, 5) is 63.3. The van der Waals surface area contributed by atoms with Gasteiger partial charge in [-0.15, -0.1) is 0 Å². The molecule has 2 aliphatic rings. The lowest BCUT2D eigenvalue weighted by Crippen LogP contribution is -2.61. The topological polar surface area (TPSA) is 152 Å². The zero-order chi connectivity index (χ0) is 54.2. The van der Waals surface area contributed by atoms with Crippen LogP contribution in [0, 0.1) is 22.2 Å². The first-order chi connectivity index (χ1) is 33.9. The first kappa shape index (κ1) is 58.3. The van der Waals surface area contributed by atoms with Crippen LogP contribution in [0.2, 0.25) is 20.1 Å². The summed E-state index contributed by atoms with van der Waals surface area (Å²) >= 11 is 26.0. The third kappa shape index (κ3) is 13.4. The monoisotopic (exact) mass is 1120 g/mol. The molecule has 2 aliphatic heterocycles. The maximum Gasteiger partial charge on any atom is 0.314 e. The summed E-state index contributed by atoms with van der Waals surface area (Å²) in [6.45, 7) is 17.4. The molecule has 0 saturated carbocycles. The lowest BCUT2D eigenvalue weighted by atomic mass is 9.66. The number of hydrogen-bond acceptors (Lipinski definition) is 9. The van der Waals surface area contributed by atoms with Gasteiger partial charge in [-0.1, -0.05) is 150 Å². The number of likely N-dealkylation sites (tertiary alicyclic amines) is 2. The van der Waals surface area contributed by atoms with Gasteiger partial charge in [-0.2, -0.15) is 0 Å². The Morgan fingerprint density at radius 3 is 1.41 bits per heavy atom. The summed E-state index contributed by atoms with van der Waals surface area (Å²) in [7, 11) is -7.43. The van der Waals surface area contributed by atoms with E-state index < -0.39 is 114 Å². The third-order valence-electron chi connectivity index (χ3n) is 14.9. The highest BCUT2D eigenvalue weighted by Gasteiger charge is 2.57. The van der Waals surface area contributed by atoms with Crippen LogP contribution >= 0.6 is 46.4 Å². The van der Waals surface area contributed by atoms with E-state index >= 15 is 9.59 Å². The normalized spacial score (nSPS) is 23.9. The minimum Gasteiger partial charge on any atom is -0.393 e. The van der Waals surface area contributed by atoms with Crippen molar-refractivity contribution >= 4 is 89.8 Å². The van der Waals surface area contributed by atoms with Crippen molar-refractivity contribution < 1.29 is 40.8 Å². The highest BCUT2D eigenvalue weighted by molar-refractivity contribution is 7.92. The standard InChI is InChI=1S/C56H68Cl4N2O9S2/c1-11-72(67,68)32-46(34(2)3)61-50(36-18-22-40(57)23-19-36)44(38-14-12-16-42(59)26-38)28-55(9,52(61)65)30-48(63)71-49(64)31-56(10)29-45(39-15-13-17-43(60)27-39)51(37-20-24-41(58)25-21-37)62(53(56)66)47(54(6,7)8)33-73(69,70)35(4)5/h12-27,34-35,44-47,50-51H,11,28-33H2,1-10H3. The summed E-state index contributed by atoms with van der Waals surface area (Å²) in [6.07, 6.45) is -0.986. The molecule has 8 atom stereocenters. The van der Waals surface area contributed by atoms with E-state index in [1.807, 2.05) is 71.0 Å². The van der Waals surface area contributed by atoms with Crippen LogP contribution in [0.15, 0.2) is 97.1 Å². The Balaban J connectivity index is 1.41. The zero-order valence-electron chi connectivity index (χ0n) is 43.2.